The van der Waals surface area contributed by atoms with Crippen LogP contribution in [0.5, 0.6) is 0 Å². The van der Waals surface area contributed by atoms with Crippen molar-refractivity contribution in [2.45, 2.75) is 13.8 Å². The molecule has 0 fully saturated rings. The zero-order chi connectivity index (χ0) is 22.9. The van der Waals surface area contributed by atoms with Gasteiger partial charge in [0.15, 0.2) is 0 Å². The lowest BCUT2D eigenvalue weighted by Gasteiger charge is -2.38. The second-order valence-electron chi connectivity index (χ2n) is 7.96. The molecule has 0 aromatic heterocycles. The first-order valence-electron chi connectivity index (χ1n) is 8.97. The van der Waals surface area contributed by atoms with Crippen molar-refractivity contribution in [3.05, 3.63) is 0 Å². The Morgan fingerprint density at radius 2 is 1.24 bits per heavy atom. The molecule has 0 aliphatic heterocycles. The standard InChI is InChI=1S/C15H32N2O10S2/c1-14(2)15(18)25-11-9-17(5,10-13-27-29(22,23)24)7-6-16(3,4)8-12-26-28(19,20)21/h14H,6-13H2,1-5H3. The summed E-state index contributed by atoms with van der Waals surface area (Å²) >= 11 is 0. The van der Waals surface area contributed by atoms with Crippen LogP contribution in [0.15, 0.2) is 0 Å². The van der Waals surface area contributed by atoms with E-state index in [2.05, 4.69) is 8.37 Å². The number of rotatable bonds is 15. The largest absolute Gasteiger partial charge is 0.726 e. The number of carbonyl (C=O) groups excluding carboxylic acids is 1. The van der Waals surface area contributed by atoms with Crippen LogP contribution < -0.4 is 0 Å². The van der Waals surface area contributed by atoms with Crippen LogP contribution >= 0.6 is 0 Å². The molecule has 0 bridgehead atoms. The van der Waals surface area contributed by atoms with Gasteiger partial charge in [-0.05, 0) is 0 Å². The number of likely N-dealkylation sites (N-methyl/N-ethyl adjacent to an activating group) is 2. The van der Waals surface area contributed by atoms with Crippen molar-refractivity contribution in [3.8, 4) is 0 Å². The van der Waals surface area contributed by atoms with E-state index in [0.29, 0.717) is 24.1 Å². The van der Waals surface area contributed by atoms with Crippen LogP contribution in [0.1, 0.15) is 13.8 Å². The van der Waals surface area contributed by atoms with Gasteiger partial charge < -0.3 is 22.8 Å². The third-order valence-electron chi connectivity index (χ3n) is 4.38. The summed E-state index contributed by atoms with van der Waals surface area (Å²) in [7, 11) is -4.16. The van der Waals surface area contributed by atoms with Gasteiger partial charge >= 0.3 is 5.97 Å². The summed E-state index contributed by atoms with van der Waals surface area (Å²) < 4.78 is 77.9. The molecule has 0 aromatic rings. The fourth-order valence-electron chi connectivity index (χ4n) is 2.24. The molecule has 14 heteroatoms. The van der Waals surface area contributed by atoms with Crippen molar-refractivity contribution in [3.63, 3.8) is 0 Å². The van der Waals surface area contributed by atoms with Crippen LogP contribution in [-0.4, -0.2) is 115 Å². The summed E-state index contributed by atoms with van der Waals surface area (Å²) in [6, 6.07) is 0. The van der Waals surface area contributed by atoms with Crippen LogP contribution in [0.3, 0.4) is 0 Å². The van der Waals surface area contributed by atoms with E-state index in [1.807, 2.05) is 14.1 Å². The number of ether oxygens (including phenoxy) is 1. The highest BCUT2D eigenvalue weighted by Gasteiger charge is 2.27. The molecule has 0 rings (SSSR count). The fraction of sp³-hybridized carbons (Fsp3) is 0.933. The van der Waals surface area contributed by atoms with Crippen LogP contribution in [0.2, 0.25) is 0 Å². The molecule has 12 nitrogen and oxygen atoms in total. The van der Waals surface area contributed by atoms with Gasteiger partial charge in [0.05, 0.1) is 27.1 Å². The molecule has 0 saturated heterocycles. The molecule has 0 amide bonds. The minimum atomic E-state index is -4.81. The summed E-state index contributed by atoms with van der Waals surface area (Å²) in [4.78, 5) is 11.6. The number of hydrogen-bond acceptors (Lipinski definition) is 10. The van der Waals surface area contributed by atoms with E-state index < -0.39 is 20.8 Å². The molecule has 0 N–H and O–H groups in total. The van der Waals surface area contributed by atoms with E-state index in [4.69, 9.17) is 4.74 Å². The highest BCUT2D eigenvalue weighted by Crippen LogP contribution is 2.08. The molecule has 0 saturated carbocycles. The van der Waals surface area contributed by atoms with Crippen LogP contribution in [0.25, 0.3) is 0 Å². The predicted octanol–water partition coefficient (Wildman–Crippen LogP) is -1.34. The molecule has 1 unspecified atom stereocenters. The maximum absolute atomic E-state index is 11.6. The van der Waals surface area contributed by atoms with Gasteiger partial charge in [-0.2, -0.15) is 0 Å². The first-order chi connectivity index (χ1) is 12.9. The van der Waals surface area contributed by atoms with E-state index in [-0.39, 0.29) is 49.3 Å². The molecule has 29 heavy (non-hydrogen) atoms. The lowest BCUT2D eigenvalue weighted by atomic mass is 10.2. The molecule has 0 aromatic carbocycles. The Balaban J connectivity index is 4.86. The SMILES string of the molecule is CC(C)C(=O)OCC[N+](C)(CCOS(=O)(=O)[O-])CC[N+](C)(C)CCOS(=O)(=O)[O-]. The predicted molar refractivity (Wildman–Crippen MR) is 99.7 cm³/mol. The third-order valence-corrected chi connectivity index (χ3v) is 5.29. The lowest BCUT2D eigenvalue weighted by Crippen LogP contribution is -2.56. The Bertz CT molecular complexity index is 721. The Labute approximate surface area is 173 Å². The topological polar surface area (TPSA) is 159 Å². The van der Waals surface area contributed by atoms with Gasteiger partial charge in [0.25, 0.3) is 0 Å². The second-order valence-corrected chi connectivity index (χ2v) is 10.1. The number of carbonyl (C=O) groups is 1. The summed E-state index contributed by atoms with van der Waals surface area (Å²) in [6.45, 7) is 4.65. The molecular weight excluding hydrogens is 432 g/mol. The van der Waals surface area contributed by atoms with E-state index in [9.17, 15) is 30.7 Å². The maximum Gasteiger partial charge on any atom is 0.308 e. The normalized spacial score (nSPS) is 15.3. The quantitative estimate of drug-likeness (QED) is 0.123. The number of hydrogen-bond donors (Lipinski definition) is 0. The summed E-state index contributed by atoms with van der Waals surface area (Å²) in [5.74, 6) is -0.641. The van der Waals surface area contributed by atoms with Crippen molar-refractivity contribution in [1.82, 2.24) is 0 Å². The van der Waals surface area contributed by atoms with E-state index in [1.54, 1.807) is 20.9 Å². The molecule has 0 aliphatic carbocycles. The molecule has 0 radical (unpaired) electrons. The Morgan fingerprint density at radius 1 is 0.793 bits per heavy atom. The molecule has 1 atom stereocenters. The summed E-state index contributed by atoms with van der Waals surface area (Å²) in [6.07, 6.45) is 0. The molecule has 174 valence electrons. The smallest absolute Gasteiger partial charge is 0.308 e. The average molecular weight is 465 g/mol. The van der Waals surface area contributed by atoms with Gasteiger partial charge in [-0.1, -0.05) is 13.8 Å². The number of esters is 1. The van der Waals surface area contributed by atoms with Gasteiger partial charge in [0.2, 0.25) is 20.8 Å². The molecule has 0 heterocycles. The van der Waals surface area contributed by atoms with Gasteiger partial charge in [-0.3, -0.25) is 13.2 Å². The first-order valence-corrected chi connectivity index (χ1v) is 11.6. The van der Waals surface area contributed by atoms with E-state index in [1.165, 1.54) is 0 Å². The monoisotopic (exact) mass is 464 g/mol. The highest BCUT2D eigenvalue weighted by atomic mass is 32.3. The van der Waals surface area contributed by atoms with Crippen LogP contribution in [-0.2, 0) is 38.7 Å². The minimum absolute atomic E-state index is 0.0998. The fourth-order valence-corrected chi connectivity index (χ4v) is 2.80. The van der Waals surface area contributed by atoms with Crippen molar-refractivity contribution < 1.29 is 52.8 Å². The third kappa shape index (κ3) is 15.6. The van der Waals surface area contributed by atoms with E-state index >= 15 is 0 Å². The summed E-state index contributed by atoms with van der Waals surface area (Å²) in [5, 5.41) is 0. The number of quaternary nitrogens is 2. The van der Waals surface area contributed by atoms with Crippen molar-refractivity contribution in [2.24, 2.45) is 5.92 Å². The van der Waals surface area contributed by atoms with Gasteiger partial charge in [0.1, 0.15) is 52.5 Å². The molecule has 0 aliphatic rings. The zero-order valence-corrected chi connectivity index (χ0v) is 19.2. The Hall–Kier alpha value is -0.870. The number of nitrogens with zero attached hydrogens (tertiary/aromatic N) is 2. The van der Waals surface area contributed by atoms with Crippen molar-refractivity contribution in [2.75, 3.05) is 73.7 Å². The van der Waals surface area contributed by atoms with Gasteiger partial charge in [-0.25, -0.2) is 16.8 Å². The van der Waals surface area contributed by atoms with Gasteiger partial charge in [-0.15, -0.1) is 0 Å². The van der Waals surface area contributed by atoms with Gasteiger partial charge in [0, 0.05) is 0 Å². The maximum atomic E-state index is 11.6. The average Bonchev–Trinajstić information content (AvgIpc) is 2.50. The lowest BCUT2D eigenvalue weighted by molar-refractivity contribution is -0.955. The van der Waals surface area contributed by atoms with Crippen LogP contribution in [0, 0.1) is 5.92 Å². The first kappa shape index (κ1) is 28.1. The molecule has 0 spiro atoms. The van der Waals surface area contributed by atoms with Crippen molar-refractivity contribution >= 4 is 26.8 Å². The second kappa shape index (κ2) is 11.5. The van der Waals surface area contributed by atoms with Crippen molar-refractivity contribution in [1.29, 1.82) is 0 Å². The Kier molecular flexibility index (Phi) is 11.2. The summed E-state index contributed by atoms with van der Waals surface area (Å²) in [5.41, 5.74) is 0. The zero-order valence-electron chi connectivity index (χ0n) is 17.5. The minimum Gasteiger partial charge on any atom is -0.726 e. The molecular formula is C15H32N2O10S2. The highest BCUT2D eigenvalue weighted by molar-refractivity contribution is 7.81. The van der Waals surface area contributed by atoms with Crippen LogP contribution in [0.4, 0.5) is 0 Å². The Morgan fingerprint density at radius 3 is 1.69 bits per heavy atom. The van der Waals surface area contributed by atoms with E-state index in [0.717, 1.165) is 0 Å².